The molecule has 100 valence electrons. The van der Waals surface area contributed by atoms with Crippen LogP contribution in [0.1, 0.15) is 5.82 Å². The molecule has 0 bridgehead atoms. The average Bonchev–Trinajstić information content (AvgIpc) is 2.83. The minimum atomic E-state index is -0.450. The SMILES string of the molecule is Fc1c(Br)c(Cl)cc2c1ncc1nc3n(c12)CCN=C3. The van der Waals surface area contributed by atoms with Gasteiger partial charge in [-0.2, -0.15) is 0 Å². The van der Waals surface area contributed by atoms with E-state index in [1.165, 1.54) is 0 Å². The number of aromatic nitrogens is 3. The van der Waals surface area contributed by atoms with E-state index < -0.39 is 5.82 Å². The van der Waals surface area contributed by atoms with Gasteiger partial charge in [0.1, 0.15) is 11.0 Å². The second kappa shape index (κ2) is 4.23. The third kappa shape index (κ3) is 1.55. The van der Waals surface area contributed by atoms with Gasteiger partial charge in [-0.25, -0.2) is 9.37 Å². The molecule has 4 rings (SSSR count). The van der Waals surface area contributed by atoms with Crippen LogP contribution >= 0.6 is 27.5 Å². The number of aliphatic imine (C=N–C) groups is 1. The number of fused-ring (bicyclic) bond motifs is 5. The molecule has 1 aliphatic heterocycles. The molecule has 0 spiro atoms. The molecule has 0 fully saturated rings. The molecule has 3 aromatic rings. The molecule has 1 aromatic carbocycles. The van der Waals surface area contributed by atoms with Crippen LogP contribution in [0.3, 0.4) is 0 Å². The van der Waals surface area contributed by atoms with Gasteiger partial charge in [0.05, 0.1) is 34.0 Å². The van der Waals surface area contributed by atoms with Gasteiger partial charge in [-0.05, 0) is 22.0 Å². The van der Waals surface area contributed by atoms with Crippen molar-refractivity contribution in [3.05, 3.63) is 33.4 Å². The first-order chi connectivity index (χ1) is 9.66. The first kappa shape index (κ1) is 12.2. The number of hydrogen-bond donors (Lipinski definition) is 0. The molecule has 1 aliphatic rings. The van der Waals surface area contributed by atoms with Crippen LogP contribution in [0.2, 0.25) is 5.02 Å². The van der Waals surface area contributed by atoms with Crippen molar-refractivity contribution in [3.63, 3.8) is 0 Å². The van der Waals surface area contributed by atoms with E-state index in [0.717, 1.165) is 23.4 Å². The lowest BCUT2D eigenvalue weighted by Crippen LogP contribution is -2.11. The molecule has 7 heteroatoms. The second-order valence-corrected chi connectivity index (χ2v) is 5.73. The first-order valence-corrected chi connectivity index (χ1v) is 7.16. The summed E-state index contributed by atoms with van der Waals surface area (Å²) < 4.78 is 16.5. The van der Waals surface area contributed by atoms with E-state index >= 15 is 0 Å². The Bertz CT molecular complexity index is 903. The molecule has 20 heavy (non-hydrogen) atoms. The van der Waals surface area contributed by atoms with Crippen molar-refractivity contribution in [2.24, 2.45) is 4.99 Å². The Kier molecular flexibility index (Phi) is 2.59. The molecular weight excluding hydrogens is 347 g/mol. The molecule has 0 N–H and O–H groups in total. The molecule has 0 saturated heterocycles. The molecule has 4 nitrogen and oxygen atoms in total. The quantitative estimate of drug-likeness (QED) is 0.580. The Balaban J connectivity index is 2.24. The Morgan fingerprint density at radius 1 is 1.40 bits per heavy atom. The van der Waals surface area contributed by atoms with Crippen molar-refractivity contribution in [2.45, 2.75) is 6.54 Å². The fraction of sp³-hybridized carbons (Fsp3) is 0.154. The number of halogens is 3. The van der Waals surface area contributed by atoms with Crippen molar-refractivity contribution < 1.29 is 4.39 Å². The Hall–Kier alpha value is -1.53. The number of hydrogen-bond acceptors (Lipinski definition) is 3. The van der Waals surface area contributed by atoms with Crippen molar-refractivity contribution in [2.75, 3.05) is 6.54 Å². The van der Waals surface area contributed by atoms with Gasteiger partial charge >= 0.3 is 0 Å². The highest BCUT2D eigenvalue weighted by Crippen LogP contribution is 2.34. The van der Waals surface area contributed by atoms with Gasteiger partial charge in [-0.1, -0.05) is 11.6 Å². The topological polar surface area (TPSA) is 43.1 Å². The standard InChI is InChI=1S/C13H7BrClFN4/c14-10-7(15)3-6-12(11(10)16)18-4-8-13(6)20-2-1-17-5-9(20)19-8/h3-5H,1-2H2. The lowest BCUT2D eigenvalue weighted by atomic mass is 10.2. The fourth-order valence-corrected chi connectivity index (χ4v) is 3.00. The number of pyridine rings is 1. The average molecular weight is 354 g/mol. The Labute approximate surface area is 126 Å². The predicted molar refractivity (Wildman–Crippen MR) is 80.2 cm³/mol. The van der Waals surface area contributed by atoms with Crippen LogP contribution in [0.25, 0.3) is 21.9 Å². The van der Waals surface area contributed by atoms with Crippen molar-refractivity contribution in [3.8, 4) is 0 Å². The summed E-state index contributed by atoms with van der Waals surface area (Å²) in [5.74, 6) is 0.314. The zero-order valence-electron chi connectivity index (χ0n) is 10.1. The maximum atomic E-state index is 14.3. The minimum absolute atomic E-state index is 0.235. The number of imidazole rings is 1. The molecule has 0 saturated carbocycles. The Morgan fingerprint density at radius 3 is 3.10 bits per heavy atom. The van der Waals surface area contributed by atoms with E-state index in [1.807, 2.05) is 4.57 Å². The van der Waals surface area contributed by atoms with E-state index in [4.69, 9.17) is 11.6 Å². The summed E-state index contributed by atoms with van der Waals surface area (Å²) >= 11 is 9.21. The molecule has 2 aromatic heterocycles. The summed E-state index contributed by atoms with van der Waals surface area (Å²) in [6.45, 7) is 1.41. The van der Waals surface area contributed by atoms with Gasteiger partial charge in [0.2, 0.25) is 0 Å². The summed E-state index contributed by atoms with van der Waals surface area (Å²) in [5.41, 5.74) is 1.86. The molecule has 3 heterocycles. The smallest absolute Gasteiger partial charge is 0.165 e. The normalized spacial score (nSPS) is 14.2. The summed E-state index contributed by atoms with van der Waals surface area (Å²) in [4.78, 5) is 12.8. The van der Waals surface area contributed by atoms with E-state index in [1.54, 1.807) is 18.5 Å². The minimum Gasteiger partial charge on any atom is -0.321 e. The van der Waals surface area contributed by atoms with E-state index in [9.17, 15) is 4.39 Å². The van der Waals surface area contributed by atoms with Gasteiger partial charge in [0.15, 0.2) is 11.6 Å². The largest absolute Gasteiger partial charge is 0.321 e. The van der Waals surface area contributed by atoms with Gasteiger partial charge in [-0.15, -0.1) is 0 Å². The van der Waals surface area contributed by atoms with Crippen LogP contribution in [0.5, 0.6) is 0 Å². The van der Waals surface area contributed by atoms with Crippen molar-refractivity contribution in [1.29, 1.82) is 0 Å². The fourth-order valence-electron chi connectivity index (χ4n) is 2.51. The highest BCUT2D eigenvalue weighted by atomic mass is 79.9. The van der Waals surface area contributed by atoms with Gasteiger partial charge < -0.3 is 4.57 Å². The van der Waals surface area contributed by atoms with Crippen LogP contribution in [0.4, 0.5) is 4.39 Å². The van der Waals surface area contributed by atoms with Crippen LogP contribution in [-0.4, -0.2) is 27.3 Å². The summed E-state index contributed by atoms with van der Waals surface area (Å²) in [6, 6.07) is 1.72. The maximum Gasteiger partial charge on any atom is 0.165 e. The van der Waals surface area contributed by atoms with E-state index in [2.05, 4.69) is 30.9 Å². The van der Waals surface area contributed by atoms with Crippen LogP contribution in [-0.2, 0) is 6.54 Å². The molecule has 0 unspecified atom stereocenters. The monoisotopic (exact) mass is 352 g/mol. The highest BCUT2D eigenvalue weighted by Gasteiger charge is 2.19. The second-order valence-electron chi connectivity index (χ2n) is 4.53. The molecule has 0 radical (unpaired) electrons. The van der Waals surface area contributed by atoms with Crippen molar-refractivity contribution in [1.82, 2.24) is 14.5 Å². The van der Waals surface area contributed by atoms with E-state index in [0.29, 0.717) is 22.5 Å². The molecule has 0 atom stereocenters. The van der Waals surface area contributed by atoms with Crippen LogP contribution in [0, 0.1) is 5.82 Å². The number of rotatable bonds is 0. The maximum absolute atomic E-state index is 14.3. The van der Waals surface area contributed by atoms with Crippen LogP contribution in [0.15, 0.2) is 21.7 Å². The highest BCUT2D eigenvalue weighted by molar-refractivity contribution is 9.10. The van der Waals surface area contributed by atoms with Gasteiger partial charge in [-0.3, -0.25) is 9.98 Å². The summed E-state index contributed by atoms with van der Waals surface area (Å²) in [5, 5.41) is 0.992. The number of nitrogens with zero attached hydrogens (tertiary/aromatic N) is 4. The third-order valence-corrected chi connectivity index (χ3v) is 4.69. The van der Waals surface area contributed by atoms with Crippen LogP contribution < -0.4 is 0 Å². The third-order valence-electron chi connectivity index (χ3n) is 3.39. The first-order valence-electron chi connectivity index (χ1n) is 5.99. The Morgan fingerprint density at radius 2 is 2.25 bits per heavy atom. The summed E-state index contributed by atoms with van der Waals surface area (Å²) in [7, 11) is 0. The zero-order valence-corrected chi connectivity index (χ0v) is 12.4. The predicted octanol–water partition coefficient (Wildman–Crippen LogP) is 3.57. The van der Waals surface area contributed by atoms with Gasteiger partial charge in [0.25, 0.3) is 0 Å². The molecular formula is C13H7BrClFN4. The van der Waals surface area contributed by atoms with E-state index in [-0.39, 0.29) is 4.47 Å². The summed E-state index contributed by atoms with van der Waals surface area (Å²) in [6.07, 6.45) is 3.31. The number of benzene rings is 1. The van der Waals surface area contributed by atoms with Crippen molar-refractivity contribution >= 4 is 55.7 Å². The zero-order chi connectivity index (χ0) is 13.9. The lowest BCUT2D eigenvalue weighted by molar-refractivity contribution is 0.630. The lowest BCUT2D eigenvalue weighted by Gasteiger charge is -2.11. The van der Waals surface area contributed by atoms with Gasteiger partial charge in [0, 0.05) is 11.9 Å². The molecule has 0 aliphatic carbocycles. The molecule has 0 amide bonds.